The molecule has 0 saturated heterocycles. The fourth-order valence-electron chi connectivity index (χ4n) is 2.25. The third kappa shape index (κ3) is 4.31. The van der Waals surface area contributed by atoms with Crippen LogP contribution < -0.4 is 10.5 Å². The van der Waals surface area contributed by atoms with Crippen molar-refractivity contribution in [3.8, 4) is 5.75 Å². The van der Waals surface area contributed by atoms with E-state index < -0.39 is 0 Å². The lowest BCUT2D eigenvalue weighted by atomic mass is 10.1. The van der Waals surface area contributed by atoms with Crippen LogP contribution >= 0.6 is 0 Å². The molecule has 1 rings (SSSR count). The predicted molar refractivity (Wildman–Crippen MR) is 76.7 cm³/mol. The first-order chi connectivity index (χ1) is 8.74. The van der Waals surface area contributed by atoms with Crippen molar-refractivity contribution >= 4 is 0 Å². The number of hydrogen-bond donors (Lipinski definition) is 1. The van der Waals surface area contributed by atoms with Gasteiger partial charge in [-0.15, -0.1) is 0 Å². The third-order valence-corrected chi connectivity index (χ3v) is 3.05. The molecule has 2 N–H and O–H groups in total. The van der Waals surface area contributed by atoms with Crippen LogP contribution in [0.3, 0.4) is 0 Å². The van der Waals surface area contributed by atoms with E-state index in [0.29, 0.717) is 6.54 Å². The highest BCUT2D eigenvalue weighted by Crippen LogP contribution is 2.20. The van der Waals surface area contributed by atoms with Gasteiger partial charge >= 0.3 is 0 Å². The molecule has 0 aliphatic carbocycles. The summed E-state index contributed by atoms with van der Waals surface area (Å²) in [5.74, 6) is 0.888. The summed E-state index contributed by atoms with van der Waals surface area (Å²) >= 11 is 0. The van der Waals surface area contributed by atoms with Crippen molar-refractivity contribution in [3.63, 3.8) is 0 Å². The van der Waals surface area contributed by atoms with Gasteiger partial charge in [0.05, 0.1) is 7.11 Å². The third-order valence-electron chi connectivity index (χ3n) is 3.05. The zero-order valence-corrected chi connectivity index (χ0v) is 11.9. The predicted octanol–water partition coefficient (Wildman–Crippen LogP) is 2.78. The van der Waals surface area contributed by atoms with Gasteiger partial charge in [0, 0.05) is 18.7 Å². The van der Waals surface area contributed by atoms with E-state index in [1.165, 1.54) is 18.4 Å². The molecule has 0 aromatic heterocycles. The number of nitrogens with zero attached hydrogens (tertiary/aromatic N) is 1. The molecule has 3 nitrogen and oxygen atoms in total. The van der Waals surface area contributed by atoms with E-state index >= 15 is 0 Å². The standard InChI is InChI=1S/C15H26N2O/c1-4-8-17(9-5-2)12-13-6-7-15(18-3)14(10-13)11-16/h6-7,10H,4-5,8-9,11-12,16H2,1-3H3. The lowest BCUT2D eigenvalue weighted by Crippen LogP contribution is -2.25. The summed E-state index contributed by atoms with van der Waals surface area (Å²) in [6.07, 6.45) is 2.39. The summed E-state index contributed by atoms with van der Waals surface area (Å²) in [5.41, 5.74) is 8.15. The van der Waals surface area contributed by atoms with Crippen molar-refractivity contribution < 1.29 is 4.74 Å². The first-order valence-corrected chi connectivity index (χ1v) is 6.83. The van der Waals surface area contributed by atoms with Crippen LogP contribution in [0.15, 0.2) is 18.2 Å². The fraction of sp³-hybridized carbons (Fsp3) is 0.600. The van der Waals surface area contributed by atoms with Gasteiger partial charge < -0.3 is 10.5 Å². The summed E-state index contributed by atoms with van der Waals surface area (Å²) in [7, 11) is 1.69. The molecule has 0 amide bonds. The minimum absolute atomic E-state index is 0.526. The van der Waals surface area contributed by atoms with Crippen LogP contribution in [0.5, 0.6) is 5.75 Å². The summed E-state index contributed by atoms with van der Waals surface area (Å²) in [5, 5.41) is 0. The van der Waals surface area contributed by atoms with Crippen molar-refractivity contribution in [2.75, 3.05) is 20.2 Å². The molecule has 0 heterocycles. The van der Waals surface area contributed by atoms with Gasteiger partial charge in [-0.05, 0) is 43.6 Å². The van der Waals surface area contributed by atoms with Crippen molar-refractivity contribution in [3.05, 3.63) is 29.3 Å². The van der Waals surface area contributed by atoms with E-state index in [9.17, 15) is 0 Å². The first kappa shape index (κ1) is 15.0. The number of benzene rings is 1. The van der Waals surface area contributed by atoms with E-state index in [1.54, 1.807) is 7.11 Å². The fourth-order valence-corrected chi connectivity index (χ4v) is 2.25. The molecule has 18 heavy (non-hydrogen) atoms. The van der Waals surface area contributed by atoms with E-state index in [2.05, 4.69) is 30.9 Å². The van der Waals surface area contributed by atoms with Gasteiger partial charge in [-0.3, -0.25) is 4.90 Å². The van der Waals surface area contributed by atoms with E-state index in [0.717, 1.165) is 30.9 Å². The smallest absolute Gasteiger partial charge is 0.123 e. The van der Waals surface area contributed by atoms with E-state index in [4.69, 9.17) is 10.5 Å². The van der Waals surface area contributed by atoms with Gasteiger partial charge in [-0.25, -0.2) is 0 Å². The molecule has 3 heteroatoms. The van der Waals surface area contributed by atoms with Gasteiger partial charge in [-0.1, -0.05) is 19.9 Å². The molecule has 1 aromatic carbocycles. The summed E-state index contributed by atoms with van der Waals surface area (Å²) in [6, 6.07) is 6.32. The van der Waals surface area contributed by atoms with E-state index in [1.807, 2.05) is 6.07 Å². The van der Waals surface area contributed by atoms with Gasteiger partial charge in [-0.2, -0.15) is 0 Å². The maximum absolute atomic E-state index is 5.75. The number of hydrogen-bond acceptors (Lipinski definition) is 3. The monoisotopic (exact) mass is 250 g/mol. The normalized spacial score (nSPS) is 10.9. The molecule has 0 spiro atoms. The number of ether oxygens (including phenoxy) is 1. The summed E-state index contributed by atoms with van der Waals surface area (Å²) < 4.78 is 5.30. The molecular formula is C15H26N2O. The van der Waals surface area contributed by atoms with Crippen molar-refractivity contribution in [1.82, 2.24) is 4.90 Å². The Balaban J connectivity index is 2.76. The highest BCUT2D eigenvalue weighted by atomic mass is 16.5. The molecule has 1 aromatic rings. The molecule has 0 radical (unpaired) electrons. The Morgan fingerprint density at radius 1 is 1.17 bits per heavy atom. The Labute approximate surface area is 111 Å². The van der Waals surface area contributed by atoms with Crippen molar-refractivity contribution in [2.24, 2.45) is 5.73 Å². The zero-order valence-electron chi connectivity index (χ0n) is 11.9. The Hall–Kier alpha value is -1.06. The first-order valence-electron chi connectivity index (χ1n) is 6.83. The highest BCUT2D eigenvalue weighted by molar-refractivity contribution is 5.37. The Kier molecular flexibility index (Phi) is 6.76. The van der Waals surface area contributed by atoms with Gasteiger partial charge in [0.15, 0.2) is 0 Å². The minimum Gasteiger partial charge on any atom is -0.496 e. The zero-order chi connectivity index (χ0) is 13.4. The van der Waals surface area contributed by atoms with Crippen molar-refractivity contribution in [2.45, 2.75) is 39.8 Å². The molecule has 0 unspecified atom stereocenters. The number of methoxy groups -OCH3 is 1. The second kappa shape index (κ2) is 8.11. The van der Waals surface area contributed by atoms with Crippen LogP contribution in [0.2, 0.25) is 0 Å². The lowest BCUT2D eigenvalue weighted by molar-refractivity contribution is 0.266. The summed E-state index contributed by atoms with van der Waals surface area (Å²) in [6.45, 7) is 8.27. The van der Waals surface area contributed by atoms with Crippen LogP contribution in [0.25, 0.3) is 0 Å². The van der Waals surface area contributed by atoms with Gasteiger partial charge in [0.1, 0.15) is 5.75 Å². The maximum atomic E-state index is 5.75. The quantitative estimate of drug-likeness (QED) is 0.771. The SMILES string of the molecule is CCCN(CCC)Cc1ccc(OC)c(CN)c1. The Bertz CT molecular complexity index is 346. The Morgan fingerprint density at radius 3 is 2.33 bits per heavy atom. The number of nitrogens with two attached hydrogens (primary N) is 1. The minimum atomic E-state index is 0.526. The van der Waals surface area contributed by atoms with Gasteiger partial charge in [0.25, 0.3) is 0 Å². The second-order valence-corrected chi connectivity index (χ2v) is 4.63. The topological polar surface area (TPSA) is 38.5 Å². The van der Waals surface area contributed by atoms with Crippen LogP contribution in [0, 0.1) is 0 Å². The van der Waals surface area contributed by atoms with E-state index in [-0.39, 0.29) is 0 Å². The highest BCUT2D eigenvalue weighted by Gasteiger charge is 2.07. The van der Waals surface area contributed by atoms with Crippen LogP contribution in [-0.2, 0) is 13.1 Å². The van der Waals surface area contributed by atoms with Crippen molar-refractivity contribution in [1.29, 1.82) is 0 Å². The van der Waals surface area contributed by atoms with Crippen LogP contribution in [-0.4, -0.2) is 25.1 Å². The molecule has 0 bridgehead atoms. The molecule has 0 saturated carbocycles. The van der Waals surface area contributed by atoms with Crippen LogP contribution in [0.4, 0.5) is 0 Å². The Morgan fingerprint density at radius 2 is 1.83 bits per heavy atom. The maximum Gasteiger partial charge on any atom is 0.123 e. The molecule has 102 valence electrons. The van der Waals surface area contributed by atoms with Gasteiger partial charge in [0.2, 0.25) is 0 Å². The summed E-state index contributed by atoms with van der Waals surface area (Å²) in [4.78, 5) is 2.49. The average molecular weight is 250 g/mol. The number of rotatable bonds is 8. The molecule has 0 aliphatic heterocycles. The molecular weight excluding hydrogens is 224 g/mol. The van der Waals surface area contributed by atoms with Crippen LogP contribution in [0.1, 0.15) is 37.8 Å². The largest absolute Gasteiger partial charge is 0.496 e. The lowest BCUT2D eigenvalue weighted by Gasteiger charge is -2.21. The second-order valence-electron chi connectivity index (χ2n) is 4.63. The average Bonchev–Trinajstić information content (AvgIpc) is 2.39. The molecule has 0 fully saturated rings. The molecule has 0 atom stereocenters. The molecule has 0 aliphatic rings.